The van der Waals surface area contributed by atoms with E-state index in [2.05, 4.69) is 10.2 Å². The van der Waals surface area contributed by atoms with Crippen molar-refractivity contribution in [2.24, 2.45) is 5.73 Å². The molecule has 3 aromatic carbocycles. The van der Waals surface area contributed by atoms with E-state index in [1.54, 1.807) is 24.3 Å². The van der Waals surface area contributed by atoms with Crippen molar-refractivity contribution < 1.29 is 19.8 Å². The minimum absolute atomic E-state index is 0.0302. The van der Waals surface area contributed by atoms with Gasteiger partial charge >= 0.3 is 5.97 Å². The summed E-state index contributed by atoms with van der Waals surface area (Å²) in [5.41, 5.74) is 9.37. The molecule has 1 amide bonds. The fourth-order valence-corrected chi connectivity index (χ4v) is 4.09. The highest BCUT2D eigenvalue weighted by Gasteiger charge is 2.19. The molecule has 0 radical (unpaired) electrons. The third kappa shape index (κ3) is 4.99. The van der Waals surface area contributed by atoms with E-state index in [1.165, 1.54) is 18.6 Å². The molecule has 0 saturated carbocycles. The van der Waals surface area contributed by atoms with Crippen LogP contribution in [0.4, 0.5) is 11.4 Å². The van der Waals surface area contributed by atoms with Crippen molar-refractivity contribution >= 4 is 23.3 Å². The van der Waals surface area contributed by atoms with Crippen molar-refractivity contribution in [3.8, 4) is 16.9 Å². The molecule has 1 fully saturated rings. The summed E-state index contributed by atoms with van der Waals surface area (Å²) < 4.78 is 0. The Morgan fingerprint density at radius 3 is 2.24 bits per heavy atom. The molecule has 0 unspecified atom stereocenters. The van der Waals surface area contributed by atoms with Gasteiger partial charge in [0, 0.05) is 25.3 Å². The molecule has 1 heterocycles. The Balaban J connectivity index is 1.64. The maximum Gasteiger partial charge on any atom is 0.337 e. The Morgan fingerprint density at radius 2 is 1.58 bits per heavy atom. The second-order valence-corrected chi connectivity index (χ2v) is 8.17. The highest BCUT2D eigenvalue weighted by Crippen LogP contribution is 2.30. The number of carbonyl (C=O) groups excluding carboxylic acids is 1. The third-order valence-electron chi connectivity index (χ3n) is 5.97. The summed E-state index contributed by atoms with van der Waals surface area (Å²) in [5.74, 6) is -1.87. The normalized spacial score (nSPS) is 13.5. The largest absolute Gasteiger partial charge is 0.507 e. The standard InChI is InChI=1S/C26H27N3O4/c27-16-17-4-6-18(7-5-17)19-8-10-21(26(32)33)23(14-19)28-25(31)22-15-20(9-11-24(22)30)29-12-2-1-3-13-29/h4-11,14-15,30H,1-3,12-13,16,27H2,(H,28,31)(H,32,33). The minimum atomic E-state index is -1.15. The van der Waals surface area contributed by atoms with Crippen LogP contribution in [-0.4, -0.2) is 35.2 Å². The van der Waals surface area contributed by atoms with E-state index in [-0.39, 0.29) is 22.6 Å². The van der Waals surface area contributed by atoms with Gasteiger partial charge in [-0.05, 0) is 66.3 Å². The second kappa shape index (κ2) is 9.75. The maximum atomic E-state index is 13.1. The molecule has 0 aromatic heterocycles. The molecule has 0 aliphatic carbocycles. The molecule has 7 heteroatoms. The lowest BCUT2D eigenvalue weighted by atomic mass is 10.0. The number of nitrogens with zero attached hydrogens (tertiary/aromatic N) is 1. The molecule has 0 atom stereocenters. The van der Waals surface area contributed by atoms with Gasteiger partial charge in [-0.1, -0.05) is 30.3 Å². The van der Waals surface area contributed by atoms with E-state index in [9.17, 15) is 19.8 Å². The Labute approximate surface area is 192 Å². The molecule has 4 rings (SSSR count). The van der Waals surface area contributed by atoms with Crippen LogP contribution >= 0.6 is 0 Å². The fraction of sp³-hybridized carbons (Fsp3) is 0.231. The molecule has 5 N–H and O–H groups in total. The van der Waals surface area contributed by atoms with E-state index in [0.29, 0.717) is 6.54 Å². The SMILES string of the molecule is NCc1ccc(-c2ccc(C(=O)O)c(NC(=O)c3cc(N4CCCCC4)ccc3O)c2)cc1. The molecular formula is C26H27N3O4. The van der Waals surface area contributed by atoms with Crippen molar-refractivity contribution in [2.45, 2.75) is 25.8 Å². The number of benzene rings is 3. The first kappa shape index (κ1) is 22.4. The summed E-state index contributed by atoms with van der Waals surface area (Å²) in [6, 6.07) is 17.4. The summed E-state index contributed by atoms with van der Waals surface area (Å²) in [5, 5.41) is 22.7. The van der Waals surface area contributed by atoms with Crippen molar-refractivity contribution in [3.63, 3.8) is 0 Å². The van der Waals surface area contributed by atoms with E-state index in [1.807, 2.05) is 24.3 Å². The summed E-state index contributed by atoms with van der Waals surface area (Å²) in [6.07, 6.45) is 3.36. The predicted octanol–water partition coefficient (Wildman–Crippen LogP) is 4.46. The number of hydrogen-bond acceptors (Lipinski definition) is 5. The lowest BCUT2D eigenvalue weighted by molar-refractivity contribution is 0.0698. The van der Waals surface area contributed by atoms with Crippen LogP contribution in [0.1, 0.15) is 45.5 Å². The zero-order chi connectivity index (χ0) is 23.4. The first-order valence-corrected chi connectivity index (χ1v) is 11.0. The smallest absolute Gasteiger partial charge is 0.337 e. The van der Waals surface area contributed by atoms with Gasteiger partial charge in [-0.15, -0.1) is 0 Å². The number of amides is 1. The van der Waals surface area contributed by atoms with Gasteiger partial charge in [0.05, 0.1) is 16.8 Å². The number of aromatic carboxylic acids is 1. The lowest BCUT2D eigenvalue weighted by Crippen LogP contribution is -2.29. The van der Waals surface area contributed by atoms with Gasteiger partial charge in [0.1, 0.15) is 5.75 Å². The Bertz CT molecular complexity index is 1170. The number of phenols is 1. The molecule has 1 aliphatic heterocycles. The van der Waals surface area contributed by atoms with Gasteiger partial charge < -0.3 is 26.2 Å². The van der Waals surface area contributed by atoms with Gasteiger partial charge in [-0.3, -0.25) is 4.79 Å². The number of rotatable bonds is 6. The zero-order valence-electron chi connectivity index (χ0n) is 18.3. The summed E-state index contributed by atoms with van der Waals surface area (Å²) in [4.78, 5) is 27.0. The number of carboxylic acid groups (broad SMARTS) is 1. The number of phenolic OH excluding ortho intramolecular Hbond substituents is 1. The van der Waals surface area contributed by atoms with E-state index < -0.39 is 11.9 Å². The first-order chi connectivity index (χ1) is 16.0. The zero-order valence-corrected chi connectivity index (χ0v) is 18.3. The summed E-state index contributed by atoms with van der Waals surface area (Å²) >= 11 is 0. The molecular weight excluding hydrogens is 418 g/mol. The van der Waals surface area contributed by atoms with Crippen LogP contribution < -0.4 is 16.0 Å². The minimum Gasteiger partial charge on any atom is -0.507 e. The predicted molar refractivity (Wildman–Crippen MR) is 129 cm³/mol. The van der Waals surface area contributed by atoms with Crippen molar-refractivity contribution in [1.82, 2.24) is 0 Å². The van der Waals surface area contributed by atoms with Gasteiger partial charge in [0.15, 0.2) is 0 Å². The van der Waals surface area contributed by atoms with Gasteiger partial charge in [-0.25, -0.2) is 4.79 Å². The van der Waals surface area contributed by atoms with Gasteiger partial charge in [0.25, 0.3) is 5.91 Å². The monoisotopic (exact) mass is 445 g/mol. The number of nitrogens with two attached hydrogens (primary N) is 1. The van der Waals surface area contributed by atoms with Gasteiger partial charge in [-0.2, -0.15) is 0 Å². The number of carboxylic acids is 1. The molecule has 7 nitrogen and oxygen atoms in total. The Hall–Kier alpha value is -3.84. The molecule has 0 spiro atoms. The third-order valence-corrected chi connectivity index (χ3v) is 5.97. The highest BCUT2D eigenvalue weighted by molar-refractivity contribution is 6.10. The van der Waals surface area contributed by atoms with Crippen LogP contribution in [0.3, 0.4) is 0 Å². The van der Waals surface area contributed by atoms with Crippen LogP contribution in [0.25, 0.3) is 11.1 Å². The maximum absolute atomic E-state index is 13.1. The topological polar surface area (TPSA) is 116 Å². The van der Waals surface area contributed by atoms with Crippen LogP contribution in [0.15, 0.2) is 60.7 Å². The van der Waals surface area contributed by atoms with Crippen molar-refractivity contribution in [2.75, 3.05) is 23.3 Å². The average molecular weight is 446 g/mol. The number of hydrogen-bond donors (Lipinski definition) is 4. The number of nitrogens with one attached hydrogen (secondary N) is 1. The van der Waals surface area contributed by atoms with Crippen molar-refractivity contribution in [3.05, 3.63) is 77.4 Å². The van der Waals surface area contributed by atoms with Gasteiger partial charge in [0.2, 0.25) is 0 Å². The fourth-order valence-electron chi connectivity index (χ4n) is 4.09. The number of carbonyl (C=O) groups is 2. The first-order valence-electron chi connectivity index (χ1n) is 11.0. The quantitative estimate of drug-likeness (QED) is 0.445. The average Bonchev–Trinajstić information content (AvgIpc) is 2.84. The molecule has 0 bridgehead atoms. The Kier molecular flexibility index (Phi) is 6.60. The van der Waals surface area contributed by atoms with E-state index >= 15 is 0 Å². The highest BCUT2D eigenvalue weighted by atomic mass is 16.4. The number of aromatic hydroxyl groups is 1. The van der Waals surface area contributed by atoms with E-state index in [4.69, 9.17) is 5.73 Å². The second-order valence-electron chi connectivity index (χ2n) is 8.17. The number of piperidine rings is 1. The molecule has 1 aliphatic rings. The number of anilines is 2. The molecule has 1 saturated heterocycles. The van der Waals surface area contributed by atoms with Crippen LogP contribution in [0.2, 0.25) is 0 Å². The van der Waals surface area contributed by atoms with Crippen LogP contribution in [0, 0.1) is 0 Å². The molecule has 33 heavy (non-hydrogen) atoms. The van der Waals surface area contributed by atoms with Crippen LogP contribution in [-0.2, 0) is 6.54 Å². The Morgan fingerprint density at radius 1 is 0.879 bits per heavy atom. The van der Waals surface area contributed by atoms with Crippen LogP contribution in [0.5, 0.6) is 5.75 Å². The van der Waals surface area contributed by atoms with Crippen molar-refractivity contribution in [1.29, 1.82) is 0 Å². The summed E-state index contributed by atoms with van der Waals surface area (Å²) in [6.45, 7) is 2.24. The molecule has 3 aromatic rings. The molecule has 170 valence electrons. The summed E-state index contributed by atoms with van der Waals surface area (Å²) in [7, 11) is 0. The van der Waals surface area contributed by atoms with E-state index in [0.717, 1.165) is 48.3 Å². The lowest BCUT2D eigenvalue weighted by Gasteiger charge is -2.29.